The fourth-order valence-corrected chi connectivity index (χ4v) is 2.33. The topological polar surface area (TPSA) is 29.3 Å². The smallest absolute Gasteiger partial charge is 0.0231 e. The molecule has 2 N–H and O–H groups in total. The van der Waals surface area contributed by atoms with E-state index < -0.39 is 0 Å². The van der Waals surface area contributed by atoms with Gasteiger partial charge in [-0.1, -0.05) is 18.2 Å². The Balaban J connectivity index is 0.00000128. The molecule has 1 aliphatic carbocycles. The predicted octanol–water partition coefficient (Wildman–Crippen LogP) is 2.41. The van der Waals surface area contributed by atoms with Crippen molar-refractivity contribution in [3.63, 3.8) is 0 Å². The summed E-state index contributed by atoms with van der Waals surface area (Å²) in [5.41, 5.74) is 10.1. The van der Waals surface area contributed by atoms with Crippen molar-refractivity contribution < 1.29 is 0 Å². The van der Waals surface area contributed by atoms with Crippen LogP contribution in [-0.4, -0.2) is 25.0 Å². The van der Waals surface area contributed by atoms with Gasteiger partial charge in [0.05, 0.1) is 0 Å². The molecule has 0 saturated heterocycles. The first-order valence-corrected chi connectivity index (χ1v) is 5.79. The summed E-state index contributed by atoms with van der Waals surface area (Å²) in [6, 6.07) is 6.93. The first-order chi connectivity index (χ1) is 7.29. The van der Waals surface area contributed by atoms with Crippen LogP contribution in [0.25, 0.3) is 0 Å². The molecule has 0 saturated carbocycles. The van der Waals surface area contributed by atoms with Gasteiger partial charge in [0.25, 0.3) is 0 Å². The fraction of sp³-hybridized carbons (Fsp3) is 0.538. The van der Waals surface area contributed by atoms with E-state index in [9.17, 15) is 0 Å². The van der Waals surface area contributed by atoms with Gasteiger partial charge in [-0.15, -0.1) is 24.8 Å². The zero-order chi connectivity index (χ0) is 10.7. The molecule has 2 rings (SSSR count). The number of likely N-dealkylation sites (N-methyl/N-ethyl adjacent to an activating group) is 1. The van der Waals surface area contributed by atoms with E-state index >= 15 is 0 Å². The minimum Gasteiger partial charge on any atom is -0.329 e. The van der Waals surface area contributed by atoms with Crippen molar-refractivity contribution in [3.05, 3.63) is 34.9 Å². The van der Waals surface area contributed by atoms with Crippen molar-refractivity contribution in [2.75, 3.05) is 20.1 Å². The summed E-state index contributed by atoms with van der Waals surface area (Å²) < 4.78 is 0. The number of rotatable bonds is 4. The van der Waals surface area contributed by atoms with Crippen LogP contribution in [0.3, 0.4) is 0 Å². The Labute approximate surface area is 116 Å². The van der Waals surface area contributed by atoms with Crippen molar-refractivity contribution in [2.24, 2.45) is 5.73 Å². The number of nitrogens with two attached hydrogens (primary N) is 1. The van der Waals surface area contributed by atoms with E-state index in [0.29, 0.717) is 0 Å². The Bertz CT molecular complexity index is 342. The number of fused-ring (bicyclic) bond motifs is 1. The summed E-state index contributed by atoms with van der Waals surface area (Å²) in [5.74, 6) is 0. The quantitative estimate of drug-likeness (QED) is 0.915. The molecule has 1 aliphatic rings. The zero-order valence-electron chi connectivity index (χ0n) is 10.3. The molecule has 0 fully saturated rings. The Kier molecular flexibility index (Phi) is 7.80. The van der Waals surface area contributed by atoms with E-state index in [1.807, 2.05) is 0 Å². The van der Waals surface area contributed by atoms with Crippen molar-refractivity contribution in [3.8, 4) is 0 Å². The molecule has 0 atom stereocenters. The van der Waals surface area contributed by atoms with Gasteiger partial charge >= 0.3 is 0 Å². The first-order valence-electron chi connectivity index (χ1n) is 5.79. The maximum atomic E-state index is 5.53. The van der Waals surface area contributed by atoms with Gasteiger partial charge in [-0.2, -0.15) is 0 Å². The van der Waals surface area contributed by atoms with Gasteiger partial charge in [-0.05, 0) is 43.0 Å². The third-order valence-electron chi connectivity index (χ3n) is 3.13. The molecule has 1 aromatic rings. The van der Waals surface area contributed by atoms with Crippen LogP contribution in [0.2, 0.25) is 0 Å². The van der Waals surface area contributed by atoms with Crippen molar-refractivity contribution >= 4 is 24.8 Å². The van der Waals surface area contributed by atoms with Gasteiger partial charge in [-0.3, -0.25) is 0 Å². The number of hydrogen-bond acceptors (Lipinski definition) is 2. The number of aryl methyl sites for hydroxylation is 2. The minimum absolute atomic E-state index is 0. The van der Waals surface area contributed by atoms with Gasteiger partial charge in [0.15, 0.2) is 0 Å². The number of hydrogen-bond donors (Lipinski definition) is 1. The largest absolute Gasteiger partial charge is 0.329 e. The lowest BCUT2D eigenvalue weighted by Gasteiger charge is -2.15. The molecule has 2 nitrogen and oxygen atoms in total. The molecule has 0 spiro atoms. The molecule has 0 aliphatic heterocycles. The molecule has 98 valence electrons. The Morgan fingerprint density at radius 2 is 1.88 bits per heavy atom. The van der Waals surface area contributed by atoms with E-state index in [-0.39, 0.29) is 24.8 Å². The lowest BCUT2D eigenvalue weighted by molar-refractivity contribution is 0.336. The van der Waals surface area contributed by atoms with Crippen LogP contribution in [0.4, 0.5) is 0 Å². The Morgan fingerprint density at radius 1 is 1.18 bits per heavy atom. The molecule has 0 heterocycles. The maximum absolute atomic E-state index is 5.53. The predicted molar refractivity (Wildman–Crippen MR) is 78.4 cm³/mol. The summed E-state index contributed by atoms with van der Waals surface area (Å²) in [6.07, 6.45) is 3.87. The molecule has 0 radical (unpaired) electrons. The maximum Gasteiger partial charge on any atom is 0.0231 e. The normalized spacial score (nSPS) is 12.9. The number of halogens is 2. The van der Waals surface area contributed by atoms with Crippen LogP contribution in [0.1, 0.15) is 23.1 Å². The van der Waals surface area contributed by atoms with Crippen LogP contribution < -0.4 is 5.73 Å². The van der Waals surface area contributed by atoms with E-state index in [0.717, 1.165) is 19.6 Å². The summed E-state index contributed by atoms with van der Waals surface area (Å²) in [4.78, 5) is 2.27. The summed E-state index contributed by atoms with van der Waals surface area (Å²) >= 11 is 0. The van der Waals surface area contributed by atoms with E-state index in [1.54, 1.807) is 11.1 Å². The second-order valence-corrected chi connectivity index (χ2v) is 4.48. The third-order valence-corrected chi connectivity index (χ3v) is 3.13. The summed E-state index contributed by atoms with van der Waals surface area (Å²) in [7, 11) is 2.13. The number of nitrogens with zero attached hydrogens (tertiary/aromatic N) is 1. The molecule has 0 unspecified atom stereocenters. The van der Waals surface area contributed by atoms with Gasteiger partial charge in [-0.25, -0.2) is 0 Å². The minimum atomic E-state index is 0. The molecule has 1 aromatic carbocycles. The first kappa shape index (κ1) is 16.7. The highest BCUT2D eigenvalue weighted by molar-refractivity contribution is 5.85. The molecular formula is C13H22Cl2N2. The van der Waals surface area contributed by atoms with Crippen LogP contribution in [0.15, 0.2) is 18.2 Å². The van der Waals surface area contributed by atoms with Crippen LogP contribution in [0, 0.1) is 0 Å². The van der Waals surface area contributed by atoms with Crippen LogP contribution in [-0.2, 0) is 19.4 Å². The average molecular weight is 277 g/mol. The highest BCUT2D eigenvalue weighted by Gasteiger charge is 2.11. The lowest BCUT2D eigenvalue weighted by Crippen LogP contribution is -2.24. The fourth-order valence-electron chi connectivity index (χ4n) is 2.33. The second-order valence-electron chi connectivity index (χ2n) is 4.48. The van der Waals surface area contributed by atoms with Gasteiger partial charge in [0.1, 0.15) is 0 Å². The third kappa shape index (κ3) is 4.47. The van der Waals surface area contributed by atoms with Gasteiger partial charge in [0, 0.05) is 19.6 Å². The Hall–Kier alpha value is -0.280. The average Bonchev–Trinajstić information content (AvgIpc) is 2.65. The molecule has 0 amide bonds. The summed E-state index contributed by atoms with van der Waals surface area (Å²) in [6.45, 7) is 2.73. The van der Waals surface area contributed by atoms with Gasteiger partial charge in [0.2, 0.25) is 0 Å². The second kappa shape index (κ2) is 7.93. The molecule has 0 bridgehead atoms. The standard InChI is InChI=1S/C13H20N2.2ClH/c1-15(8-7-14)10-11-5-6-12-3-2-4-13(12)9-11;;/h5-6,9H,2-4,7-8,10,14H2,1H3;2*1H. The van der Waals surface area contributed by atoms with Crippen LogP contribution in [0.5, 0.6) is 0 Å². The lowest BCUT2D eigenvalue weighted by atomic mass is 10.1. The van der Waals surface area contributed by atoms with E-state index in [2.05, 4.69) is 30.1 Å². The van der Waals surface area contributed by atoms with Gasteiger partial charge < -0.3 is 10.6 Å². The molecule has 4 heteroatoms. The number of benzene rings is 1. The summed E-state index contributed by atoms with van der Waals surface area (Å²) in [5, 5.41) is 0. The zero-order valence-corrected chi connectivity index (χ0v) is 11.9. The highest BCUT2D eigenvalue weighted by atomic mass is 35.5. The Morgan fingerprint density at radius 3 is 2.59 bits per heavy atom. The van der Waals surface area contributed by atoms with E-state index in [4.69, 9.17) is 5.73 Å². The van der Waals surface area contributed by atoms with Crippen molar-refractivity contribution in [2.45, 2.75) is 25.8 Å². The van der Waals surface area contributed by atoms with E-state index in [1.165, 1.54) is 24.8 Å². The monoisotopic (exact) mass is 276 g/mol. The SMILES string of the molecule is CN(CCN)Cc1ccc2c(c1)CCC2.Cl.Cl. The molecule has 0 aromatic heterocycles. The van der Waals surface area contributed by atoms with Crippen LogP contribution >= 0.6 is 24.8 Å². The van der Waals surface area contributed by atoms with Crippen molar-refractivity contribution in [1.29, 1.82) is 0 Å². The highest BCUT2D eigenvalue weighted by Crippen LogP contribution is 2.23. The molecule has 17 heavy (non-hydrogen) atoms. The van der Waals surface area contributed by atoms with Crippen molar-refractivity contribution in [1.82, 2.24) is 4.90 Å². The molecular weight excluding hydrogens is 255 g/mol.